The summed E-state index contributed by atoms with van der Waals surface area (Å²) in [5.41, 5.74) is 0. The van der Waals surface area contributed by atoms with Crippen molar-refractivity contribution >= 4 is 5.78 Å². The first-order valence-corrected chi connectivity index (χ1v) is 4.11. The molecule has 0 radical (unpaired) electrons. The van der Waals surface area contributed by atoms with Gasteiger partial charge in [-0.1, -0.05) is 0 Å². The smallest absolute Gasteiger partial charge is 0.131 e. The topological polar surface area (TPSA) is 49.3 Å². The van der Waals surface area contributed by atoms with Crippen molar-refractivity contribution in [3.8, 4) is 0 Å². The first kappa shape index (κ1) is 8.68. The van der Waals surface area contributed by atoms with Crippen molar-refractivity contribution in [1.29, 1.82) is 0 Å². The molecule has 0 spiro atoms. The van der Waals surface area contributed by atoms with Crippen LogP contribution in [-0.2, 0) is 4.79 Å². The second-order valence-corrected chi connectivity index (χ2v) is 3.18. The minimum Gasteiger partial charge on any atom is -0.391 e. The molecule has 0 bridgehead atoms. The minimum atomic E-state index is -0.326. The number of rotatable bonds is 2. The number of hydrogen-bond donors (Lipinski definition) is 2. The SMILES string of the molecule is CC(=O)C[C@@H]1NCCC[C@H]1O. The Balaban J connectivity index is 2.35. The second kappa shape index (κ2) is 3.83. The van der Waals surface area contributed by atoms with Crippen molar-refractivity contribution in [2.24, 2.45) is 0 Å². The molecule has 11 heavy (non-hydrogen) atoms. The summed E-state index contributed by atoms with van der Waals surface area (Å²) < 4.78 is 0. The van der Waals surface area contributed by atoms with Crippen LogP contribution in [0.5, 0.6) is 0 Å². The average molecular weight is 157 g/mol. The molecule has 0 aliphatic carbocycles. The molecular formula is C8H15NO2. The van der Waals surface area contributed by atoms with Crippen molar-refractivity contribution in [2.75, 3.05) is 6.54 Å². The summed E-state index contributed by atoms with van der Waals surface area (Å²) in [5, 5.41) is 12.5. The molecule has 0 amide bonds. The van der Waals surface area contributed by atoms with Gasteiger partial charge in [0.2, 0.25) is 0 Å². The van der Waals surface area contributed by atoms with Gasteiger partial charge in [-0.2, -0.15) is 0 Å². The van der Waals surface area contributed by atoms with Crippen molar-refractivity contribution in [2.45, 2.75) is 38.3 Å². The maximum atomic E-state index is 10.7. The van der Waals surface area contributed by atoms with Crippen LogP contribution in [0.3, 0.4) is 0 Å². The summed E-state index contributed by atoms with van der Waals surface area (Å²) in [6.07, 6.45) is 1.97. The van der Waals surface area contributed by atoms with E-state index < -0.39 is 0 Å². The van der Waals surface area contributed by atoms with Crippen LogP contribution < -0.4 is 5.32 Å². The van der Waals surface area contributed by atoms with Gasteiger partial charge in [0.1, 0.15) is 5.78 Å². The van der Waals surface area contributed by atoms with Gasteiger partial charge in [-0.15, -0.1) is 0 Å². The Morgan fingerprint density at radius 2 is 2.45 bits per heavy atom. The molecule has 1 saturated heterocycles. The fourth-order valence-corrected chi connectivity index (χ4v) is 1.45. The van der Waals surface area contributed by atoms with E-state index >= 15 is 0 Å². The van der Waals surface area contributed by atoms with Gasteiger partial charge in [-0.05, 0) is 26.3 Å². The zero-order valence-corrected chi connectivity index (χ0v) is 6.84. The Morgan fingerprint density at radius 1 is 1.73 bits per heavy atom. The largest absolute Gasteiger partial charge is 0.391 e. The zero-order valence-electron chi connectivity index (χ0n) is 6.84. The van der Waals surface area contributed by atoms with E-state index in [1.165, 1.54) is 0 Å². The lowest BCUT2D eigenvalue weighted by molar-refractivity contribution is -0.118. The molecule has 0 aromatic carbocycles. The van der Waals surface area contributed by atoms with E-state index in [-0.39, 0.29) is 17.9 Å². The predicted molar refractivity (Wildman–Crippen MR) is 42.3 cm³/mol. The van der Waals surface area contributed by atoms with Crippen molar-refractivity contribution in [3.63, 3.8) is 0 Å². The van der Waals surface area contributed by atoms with Crippen LogP contribution in [0, 0.1) is 0 Å². The number of nitrogens with one attached hydrogen (secondary N) is 1. The van der Waals surface area contributed by atoms with Gasteiger partial charge in [0.25, 0.3) is 0 Å². The average Bonchev–Trinajstić information content (AvgIpc) is 1.93. The third-order valence-corrected chi connectivity index (χ3v) is 2.06. The highest BCUT2D eigenvalue weighted by Gasteiger charge is 2.22. The Kier molecular flexibility index (Phi) is 3.02. The van der Waals surface area contributed by atoms with Crippen LogP contribution in [0.4, 0.5) is 0 Å². The maximum Gasteiger partial charge on any atom is 0.131 e. The van der Waals surface area contributed by atoms with E-state index in [2.05, 4.69) is 5.32 Å². The van der Waals surface area contributed by atoms with Gasteiger partial charge in [0.15, 0.2) is 0 Å². The molecule has 0 saturated carbocycles. The second-order valence-electron chi connectivity index (χ2n) is 3.18. The summed E-state index contributed by atoms with van der Waals surface area (Å²) in [6, 6.07) is 0.00116. The Morgan fingerprint density at radius 3 is 3.00 bits per heavy atom. The highest BCUT2D eigenvalue weighted by atomic mass is 16.3. The van der Waals surface area contributed by atoms with E-state index in [4.69, 9.17) is 0 Å². The monoisotopic (exact) mass is 157 g/mol. The van der Waals surface area contributed by atoms with Crippen LogP contribution in [-0.4, -0.2) is 29.6 Å². The quantitative estimate of drug-likeness (QED) is 0.596. The third kappa shape index (κ3) is 2.60. The molecule has 3 nitrogen and oxygen atoms in total. The van der Waals surface area contributed by atoms with Gasteiger partial charge >= 0.3 is 0 Å². The summed E-state index contributed by atoms with van der Waals surface area (Å²) in [4.78, 5) is 10.7. The molecule has 0 unspecified atom stereocenters. The molecule has 1 rings (SSSR count). The molecule has 3 heteroatoms. The van der Waals surface area contributed by atoms with Crippen molar-refractivity contribution < 1.29 is 9.90 Å². The van der Waals surface area contributed by atoms with Crippen LogP contribution >= 0.6 is 0 Å². The highest BCUT2D eigenvalue weighted by Crippen LogP contribution is 2.11. The van der Waals surface area contributed by atoms with E-state index in [0.29, 0.717) is 6.42 Å². The van der Waals surface area contributed by atoms with Crippen LogP contribution in [0.2, 0.25) is 0 Å². The number of carbonyl (C=O) groups excluding carboxylic acids is 1. The Bertz CT molecular complexity index is 147. The van der Waals surface area contributed by atoms with Gasteiger partial charge in [-0.3, -0.25) is 4.79 Å². The molecule has 1 aliphatic rings. The number of aliphatic hydroxyl groups excluding tert-OH is 1. The number of Topliss-reactive ketones (excluding diaryl/α,β-unsaturated/α-hetero) is 1. The van der Waals surface area contributed by atoms with E-state index in [9.17, 15) is 9.90 Å². The zero-order chi connectivity index (χ0) is 8.27. The van der Waals surface area contributed by atoms with Gasteiger partial charge < -0.3 is 10.4 Å². The maximum absolute atomic E-state index is 10.7. The van der Waals surface area contributed by atoms with E-state index in [0.717, 1.165) is 19.4 Å². The molecule has 0 aromatic heterocycles. The molecule has 64 valence electrons. The number of carbonyl (C=O) groups is 1. The summed E-state index contributed by atoms with van der Waals surface area (Å²) in [7, 11) is 0. The summed E-state index contributed by atoms with van der Waals surface area (Å²) >= 11 is 0. The van der Waals surface area contributed by atoms with Gasteiger partial charge in [0, 0.05) is 12.5 Å². The number of ketones is 1. The number of aliphatic hydroxyl groups is 1. The number of piperidine rings is 1. The standard InChI is InChI=1S/C8H15NO2/c1-6(10)5-7-8(11)3-2-4-9-7/h7-9,11H,2-5H2,1H3/t7-,8+/m0/s1. The third-order valence-electron chi connectivity index (χ3n) is 2.06. The van der Waals surface area contributed by atoms with Crippen molar-refractivity contribution in [1.82, 2.24) is 5.32 Å². The molecule has 0 aromatic rings. The first-order valence-electron chi connectivity index (χ1n) is 4.11. The van der Waals surface area contributed by atoms with Crippen LogP contribution in [0.25, 0.3) is 0 Å². The Labute approximate surface area is 66.8 Å². The molecular weight excluding hydrogens is 142 g/mol. The summed E-state index contributed by atoms with van der Waals surface area (Å²) in [5.74, 6) is 0.142. The van der Waals surface area contributed by atoms with Crippen LogP contribution in [0.1, 0.15) is 26.2 Å². The fraction of sp³-hybridized carbons (Fsp3) is 0.875. The van der Waals surface area contributed by atoms with Gasteiger partial charge in [0.05, 0.1) is 6.10 Å². The molecule has 1 aliphatic heterocycles. The normalized spacial score (nSPS) is 31.8. The lowest BCUT2D eigenvalue weighted by atomic mass is 9.97. The minimum absolute atomic E-state index is 0.00116. The predicted octanol–water partition coefficient (Wildman–Crippen LogP) is 0.0784. The number of hydrogen-bond acceptors (Lipinski definition) is 3. The summed E-state index contributed by atoms with van der Waals surface area (Å²) in [6.45, 7) is 2.48. The van der Waals surface area contributed by atoms with E-state index in [1.807, 2.05) is 0 Å². The molecule has 2 N–H and O–H groups in total. The van der Waals surface area contributed by atoms with Crippen LogP contribution in [0.15, 0.2) is 0 Å². The Hall–Kier alpha value is -0.410. The van der Waals surface area contributed by atoms with Crippen molar-refractivity contribution in [3.05, 3.63) is 0 Å². The lowest BCUT2D eigenvalue weighted by Crippen LogP contribution is -2.45. The molecule has 1 fully saturated rings. The fourth-order valence-electron chi connectivity index (χ4n) is 1.45. The van der Waals surface area contributed by atoms with Gasteiger partial charge in [-0.25, -0.2) is 0 Å². The lowest BCUT2D eigenvalue weighted by Gasteiger charge is -2.27. The van der Waals surface area contributed by atoms with E-state index in [1.54, 1.807) is 6.92 Å². The first-order chi connectivity index (χ1) is 5.20. The molecule has 1 heterocycles. The highest BCUT2D eigenvalue weighted by molar-refractivity contribution is 5.76. The molecule has 2 atom stereocenters.